The second kappa shape index (κ2) is 9.46. The highest BCUT2D eigenvalue weighted by Gasteiger charge is 2.21. The van der Waals surface area contributed by atoms with E-state index in [0.717, 1.165) is 4.90 Å². The second-order valence-corrected chi connectivity index (χ2v) is 7.26. The summed E-state index contributed by atoms with van der Waals surface area (Å²) in [6.07, 6.45) is 1.000. The monoisotopic (exact) mass is 387 g/mol. The fourth-order valence-corrected chi connectivity index (χ4v) is 2.87. The van der Waals surface area contributed by atoms with Gasteiger partial charge < -0.3 is 14.8 Å². The molecule has 144 valence electrons. The van der Waals surface area contributed by atoms with Crippen LogP contribution in [0, 0.1) is 0 Å². The van der Waals surface area contributed by atoms with Crippen molar-refractivity contribution in [2.24, 2.45) is 0 Å². The van der Waals surface area contributed by atoms with Crippen molar-refractivity contribution in [1.82, 2.24) is 0 Å². The van der Waals surface area contributed by atoms with Crippen LogP contribution in [0.5, 0.6) is 5.75 Å². The minimum atomic E-state index is -0.938. The lowest BCUT2D eigenvalue weighted by Gasteiger charge is -2.15. The molecule has 0 fully saturated rings. The number of anilines is 1. The van der Waals surface area contributed by atoms with E-state index in [1.54, 1.807) is 30.8 Å². The third kappa shape index (κ3) is 5.50. The number of benzene rings is 2. The van der Waals surface area contributed by atoms with Crippen LogP contribution in [0.25, 0.3) is 0 Å². The number of carbonyl (C=O) groups excluding carboxylic acids is 2. The van der Waals surface area contributed by atoms with E-state index in [1.807, 2.05) is 36.6 Å². The molecule has 0 radical (unpaired) electrons. The van der Waals surface area contributed by atoms with Crippen molar-refractivity contribution in [1.29, 1.82) is 0 Å². The van der Waals surface area contributed by atoms with E-state index in [2.05, 4.69) is 19.2 Å². The number of methoxy groups -OCH3 is 1. The molecule has 27 heavy (non-hydrogen) atoms. The molecule has 1 atom stereocenters. The Labute approximate surface area is 164 Å². The number of amides is 1. The molecule has 2 rings (SSSR count). The third-order valence-electron chi connectivity index (χ3n) is 4.13. The summed E-state index contributed by atoms with van der Waals surface area (Å²) in [5.74, 6) is -0.150. The zero-order valence-electron chi connectivity index (χ0n) is 16.2. The van der Waals surface area contributed by atoms with Crippen LogP contribution in [-0.2, 0) is 9.53 Å². The highest BCUT2D eigenvalue weighted by atomic mass is 32.2. The van der Waals surface area contributed by atoms with Crippen molar-refractivity contribution in [2.75, 3.05) is 18.7 Å². The zero-order chi connectivity index (χ0) is 20.0. The summed E-state index contributed by atoms with van der Waals surface area (Å²) < 4.78 is 10.6. The summed E-state index contributed by atoms with van der Waals surface area (Å²) in [4.78, 5) is 25.7. The smallest absolute Gasteiger partial charge is 0.342 e. The maximum Gasteiger partial charge on any atom is 0.342 e. The minimum Gasteiger partial charge on any atom is -0.496 e. The average Bonchev–Trinajstić information content (AvgIpc) is 2.67. The molecule has 2 aromatic carbocycles. The molecular weight excluding hydrogens is 362 g/mol. The molecule has 1 N–H and O–H groups in total. The zero-order valence-corrected chi connectivity index (χ0v) is 17.1. The van der Waals surface area contributed by atoms with Crippen molar-refractivity contribution in [2.45, 2.75) is 37.7 Å². The number of ether oxygens (including phenoxy) is 2. The minimum absolute atomic E-state index is 0.288. The van der Waals surface area contributed by atoms with Crippen LogP contribution in [0.2, 0.25) is 0 Å². The molecule has 0 saturated carbocycles. The number of nitrogens with one attached hydrogen (secondary N) is 1. The Morgan fingerprint density at radius 3 is 2.26 bits per heavy atom. The van der Waals surface area contributed by atoms with E-state index in [0.29, 0.717) is 17.4 Å². The Kier molecular flexibility index (Phi) is 7.30. The summed E-state index contributed by atoms with van der Waals surface area (Å²) >= 11 is 1.55. The van der Waals surface area contributed by atoms with Gasteiger partial charge in [0.25, 0.3) is 5.91 Å². The molecule has 0 aliphatic heterocycles. The largest absolute Gasteiger partial charge is 0.496 e. The van der Waals surface area contributed by atoms with Crippen LogP contribution >= 0.6 is 11.8 Å². The van der Waals surface area contributed by atoms with Crippen molar-refractivity contribution >= 4 is 29.3 Å². The molecule has 2 aromatic rings. The molecule has 6 heteroatoms. The van der Waals surface area contributed by atoms with Gasteiger partial charge in [0.05, 0.1) is 7.11 Å². The van der Waals surface area contributed by atoms with Crippen LogP contribution in [0.15, 0.2) is 47.4 Å². The molecule has 0 unspecified atom stereocenters. The van der Waals surface area contributed by atoms with Gasteiger partial charge in [-0.05, 0) is 55.0 Å². The lowest BCUT2D eigenvalue weighted by atomic mass is 10.0. The maximum absolute atomic E-state index is 12.4. The first-order valence-corrected chi connectivity index (χ1v) is 9.92. The first-order chi connectivity index (χ1) is 12.8. The van der Waals surface area contributed by atoms with Gasteiger partial charge >= 0.3 is 5.97 Å². The van der Waals surface area contributed by atoms with Crippen molar-refractivity contribution in [3.8, 4) is 5.75 Å². The van der Waals surface area contributed by atoms with Gasteiger partial charge in [-0.1, -0.05) is 26.0 Å². The van der Waals surface area contributed by atoms with Gasteiger partial charge in [-0.25, -0.2) is 4.79 Å². The Morgan fingerprint density at radius 2 is 1.70 bits per heavy atom. The van der Waals surface area contributed by atoms with Crippen LogP contribution in [0.3, 0.4) is 0 Å². The highest BCUT2D eigenvalue weighted by Crippen LogP contribution is 2.26. The first-order valence-electron chi connectivity index (χ1n) is 8.69. The highest BCUT2D eigenvalue weighted by molar-refractivity contribution is 7.98. The van der Waals surface area contributed by atoms with Crippen LogP contribution in [0.1, 0.15) is 42.6 Å². The summed E-state index contributed by atoms with van der Waals surface area (Å²) in [6, 6.07) is 12.8. The lowest BCUT2D eigenvalue weighted by molar-refractivity contribution is -0.123. The summed E-state index contributed by atoms with van der Waals surface area (Å²) in [7, 11) is 1.49. The first kappa shape index (κ1) is 20.8. The average molecular weight is 388 g/mol. The molecule has 0 aromatic heterocycles. The van der Waals surface area contributed by atoms with Crippen LogP contribution in [-0.4, -0.2) is 31.3 Å². The lowest BCUT2D eigenvalue weighted by Crippen LogP contribution is -2.30. The van der Waals surface area contributed by atoms with Gasteiger partial charge in [-0.2, -0.15) is 0 Å². The van der Waals surface area contributed by atoms with E-state index in [-0.39, 0.29) is 11.5 Å². The number of esters is 1. The van der Waals surface area contributed by atoms with E-state index in [1.165, 1.54) is 12.7 Å². The number of hydrogen-bond acceptors (Lipinski definition) is 5. The van der Waals surface area contributed by atoms with Crippen molar-refractivity contribution < 1.29 is 19.1 Å². The SMILES string of the molecule is COc1cc(SC)ccc1C(=O)O[C@@H](C)C(=O)Nc1ccc(C(C)C)cc1. The standard InChI is InChI=1S/C21H25NO4S/c1-13(2)15-6-8-16(9-7-15)22-20(23)14(3)26-21(24)18-11-10-17(27-5)12-19(18)25-4/h6-14H,1-5H3,(H,22,23)/t14-/m0/s1. The molecule has 0 heterocycles. The second-order valence-electron chi connectivity index (χ2n) is 6.38. The fourth-order valence-electron chi connectivity index (χ4n) is 2.44. The third-order valence-corrected chi connectivity index (χ3v) is 4.85. The van der Waals surface area contributed by atoms with Gasteiger partial charge in [0, 0.05) is 10.6 Å². The molecule has 5 nitrogen and oxygen atoms in total. The van der Waals surface area contributed by atoms with Gasteiger partial charge in [0.15, 0.2) is 6.10 Å². The van der Waals surface area contributed by atoms with E-state index >= 15 is 0 Å². The number of hydrogen-bond donors (Lipinski definition) is 1. The van der Waals surface area contributed by atoms with Crippen LogP contribution < -0.4 is 10.1 Å². The molecule has 0 aliphatic carbocycles. The number of rotatable bonds is 7. The Morgan fingerprint density at radius 1 is 1.04 bits per heavy atom. The van der Waals surface area contributed by atoms with E-state index in [9.17, 15) is 9.59 Å². The van der Waals surface area contributed by atoms with Gasteiger partial charge in [-0.3, -0.25) is 4.79 Å². The predicted octanol–water partition coefficient (Wildman–Crippen LogP) is 4.72. The molecule has 0 aliphatic rings. The number of thioether (sulfide) groups is 1. The van der Waals surface area contributed by atoms with Crippen molar-refractivity contribution in [3.05, 3.63) is 53.6 Å². The fraction of sp³-hybridized carbons (Fsp3) is 0.333. The Bertz CT molecular complexity index is 802. The summed E-state index contributed by atoms with van der Waals surface area (Å²) in [5, 5.41) is 2.76. The van der Waals surface area contributed by atoms with Gasteiger partial charge in [0.1, 0.15) is 11.3 Å². The molecule has 1 amide bonds. The number of carbonyl (C=O) groups is 2. The summed E-state index contributed by atoms with van der Waals surface area (Å²) in [6.45, 7) is 5.75. The molecule has 0 bridgehead atoms. The molecule has 0 saturated heterocycles. The quantitative estimate of drug-likeness (QED) is 0.550. The van der Waals surface area contributed by atoms with Gasteiger partial charge in [-0.15, -0.1) is 11.8 Å². The Hall–Kier alpha value is -2.47. The predicted molar refractivity (Wildman–Crippen MR) is 109 cm³/mol. The molecular formula is C21H25NO4S. The van der Waals surface area contributed by atoms with E-state index in [4.69, 9.17) is 9.47 Å². The topological polar surface area (TPSA) is 64.6 Å². The Balaban J connectivity index is 2.02. The summed E-state index contributed by atoms with van der Waals surface area (Å²) in [5.41, 5.74) is 2.14. The van der Waals surface area contributed by atoms with E-state index < -0.39 is 12.1 Å². The van der Waals surface area contributed by atoms with Gasteiger partial charge in [0.2, 0.25) is 0 Å². The maximum atomic E-state index is 12.4. The normalized spacial score (nSPS) is 11.8. The van der Waals surface area contributed by atoms with Crippen LogP contribution in [0.4, 0.5) is 5.69 Å². The molecule has 0 spiro atoms. The van der Waals surface area contributed by atoms with Crippen molar-refractivity contribution in [3.63, 3.8) is 0 Å².